The predicted molar refractivity (Wildman–Crippen MR) is 111 cm³/mol. The Kier molecular flexibility index (Phi) is 6.89. The summed E-state index contributed by atoms with van der Waals surface area (Å²) in [7, 11) is -1.95. The van der Waals surface area contributed by atoms with Crippen LogP contribution in [0.5, 0.6) is 5.75 Å². The molecule has 2 aromatic rings. The molecule has 1 aliphatic heterocycles. The van der Waals surface area contributed by atoms with Crippen molar-refractivity contribution >= 4 is 21.9 Å². The Hall–Kier alpha value is -2.42. The van der Waals surface area contributed by atoms with E-state index in [0.29, 0.717) is 30.0 Å². The lowest BCUT2D eigenvalue weighted by atomic mass is 9.92. The van der Waals surface area contributed by atoms with Gasteiger partial charge in [-0.2, -0.15) is 0 Å². The van der Waals surface area contributed by atoms with Crippen molar-refractivity contribution in [2.24, 2.45) is 5.92 Å². The van der Waals surface area contributed by atoms with E-state index in [4.69, 9.17) is 9.15 Å². The van der Waals surface area contributed by atoms with Crippen LogP contribution in [-0.4, -0.2) is 45.7 Å². The summed E-state index contributed by atoms with van der Waals surface area (Å²) in [5.74, 6) is 0.939. The number of hydrogen-bond acceptors (Lipinski definition) is 6. The summed E-state index contributed by atoms with van der Waals surface area (Å²) in [6, 6.07) is 10.4. The van der Waals surface area contributed by atoms with Gasteiger partial charge in [0.2, 0.25) is 10.0 Å². The third kappa shape index (κ3) is 5.35. The number of ether oxygens (including phenoxy) is 1. The molecule has 0 radical (unpaired) electrons. The average Bonchev–Trinajstić information content (AvgIpc) is 3.26. The second-order valence-electron chi connectivity index (χ2n) is 7.00. The minimum atomic E-state index is -3.38. The number of hydrogen-bond donors (Lipinski definition) is 2. The van der Waals surface area contributed by atoms with Crippen LogP contribution in [-0.2, 0) is 10.0 Å². The maximum Gasteiger partial charge on any atom is 0.214 e. The molecule has 8 heteroatoms. The van der Waals surface area contributed by atoms with E-state index in [-0.39, 0.29) is 17.8 Å². The van der Waals surface area contributed by atoms with E-state index in [1.807, 2.05) is 0 Å². The number of benzene rings is 1. The number of piperidine rings is 1. The number of sulfonamides is 1. The fraction of sp³-hybridized carbons (Fsp3) is 0.381. The van der Waals surface area contributed by atoms with Crippen LogP contribution in [0.3, 0.4) is 0 Å². The molecular weight excluding hydrogens is 392 g/mol. The molecule has 1 saturated heterocycles. The zero-order valence-electron chi connectivity index (χ0n) is 16.5. The standard InChI is InChI=1S/C21H26N2O5S/c1-15(29(25,26)22-2)19-11-12-23-14-21(19)28-18-7-5-16(6-8-18)20(24)10-9-17-4-3-13-27-17/h3-10,13,15,19,21-23H,11-12,14H2,1-2H3. The van der Waals surface area contributed by atoms with Gasteiger partial charge < -0.3 is 14.5 Å². The third-order valence-electron chi connectivity index (χ3n) is 5.22. The molecular formula is C21H26N2O5S. The summed E-state index contributed by atoms with van der Waals surface area (Å²) in [5, 5.41) is 2.69. The molecule has 3 atom stereocenters. The van der Waals surface area contributed by atoms with Crippen LogP contribution in [0.25, 0.3) is 6.08 Å². The molecule has 0 amide bonds. The van der Waals surface area contributed by atoms with Gasteiger partial charge in [-0.15, -0.1) is 0 Å². The fourth-order valence-electron chi connectivity index (χ4n) is 3.45. The maximum absolute atomic E-state index is 12.3. The van der Waals surface area contributed by atoms with Crippen LogP contribution in [0, 0.1) is 5.92 Å². The maximum atomic E-state index is 12.3. The number of carbonyl (C=O) groups is 1. The Bertz CT molecular complexity index is 936. The van der Waals surface area contributed by atoms with Crippen LogP contribution < -0.4 is 14.8 Å². The highest BCUT2D eigenvalue weighted by Gasteiger charge is 2.37. The summed E-state index contributed by atoms with van der Waals surface area (Å²) < 4.78 is 38.1. The minimum Gasteiger partial charge on any atom is -0.489 e. The Morgan fingerprint density at radius 3 is 2.72 bits per heavy atom. The zero-order chi connectivity index (χ0) is 20.9. The Labute approximate surface area is 171 Å². The quantitative estimate of drug-likeness (QED) is 0.505. The minimum absolute atomic E-state index is 0.133. The van der Waals surface area contributed by atoms with Gasteiger partial charge in [0.1, 0.15) is 17.6 Å². The Morgan fingerprint density at radius 2 is 2.07 bits per heavy atom. The molecule has 1 aliphatic rings. The van der Waals surface area contributed by atoms with Gasteiger partial charge in [-0.1, -0.05) is 0 Å². The van der Waals surface area contributed by atoms with Crippen LogP contribution in [0.4, 0.5) is 0 Å². The van der Waals surface area contributed by atoms with E-state index in [1.165, 1.54) is 13.1 Å². The number of allylic oxidation sites excluding steroid dienone is 1. The molecule has 1 aromatic carbocycles. The molecule has 7 nitrogen and oxygen atoms in total. The van der Waals surface area contributed by atoms with E-state index in [0.717, 1.165) is 6.54 Å². The number of carbonyl (C=O) groups excluding carboxylic acids is 1. The highest BCUT2D eigenvalue weighted by molar-refractivity contribution is 7.90. The normalized spacial score (nSPS) is 21.2. The number of nitrogens with one attached hydrogen (secondary N) is 2. The van der Waals surface area contributed by atoms with Crippen LogP contribution in [0.2, 0.25) is 0 Å². The van der Waals surface area contributed by atoms with Gasteiger partial charge >= 0.3 is 0 Å². The van der Waals surface area contributed by atoms with E-state index in [9.17, 15) is 13.2 Å². The van der Waals surface area contributed by atoms with Gasteiger partial charge in [0.15, 0.2) is 5.78 Å². The molecule has 29 heavy (non-hydrogen) atoms. The first kappa shape index (κ1) is 21.3. The van der Waals surface area contributed by atoms with Crippen molar-refractivity contribution in [1.29, 1.82) is 0 Å². The van der Waals surface area contributed by atoms with Crippen LogP contribution >= 0.6 is 0 Å². The van der Waals surface area contributed by atoms with Gasteiger partial charge in [0, 0.05) is 18.0 Å². The third-order valence-corrected chi connectivity index (χ3v) is 7.12. The zero-order valence-corrected chi connectivity index (χ0v) is 17.3. The van der Waals surface area contributed by atoms with Crippen LogP contribution in [0.15, 0.2) is 53.2 Å². The van der Waals surface area contributed by atoms with Crippen molar-refractivity contribution in [3.63, 3.8) is 0 Å². The summed E-state index contributed by atoms with van der Waals surface area (Å²) >= 11 is 0. The molecule has 1 aromatic heterocycles. The van der Waals surface area contributed by atoms with Crippen molar-refractivity contribution in [3.8, 4) is 5.75 Å². The van der Waals surface area contributed by atoms with E-state index >= 15 is 0 Å². The summed E-state index contributed by atoms with van der Waals surface area (Å²) in [4.78, 5) is 12.3. The average molecular weight is 419 g/mol. The van der Waals surface area contributed by atoms with E-state index in [1.54, 1.807) is 55.7 Å². The Balaban J connectivity index is 1.67. The molecule has 0 spiro atoms. The summed E-state index contributed by atoms with van der Waals surface area (Å²) in [6.45, 7) is 3.04. The monoisotopic (exact) mass is 418 g/mol. The van der Waals surface area contributed by atoms with Crippen LogP contribution in [0.1, 0.15) is 29.5 Å². The van der Waals surface area contributed by atoms with Crippen molar-refractivity contribution in [3.05, 3.63) is 60.1 Å². The summed E-state index contributed by atoms with van der Waals surface area (Å²) in [6.07, 6.45) is 5.06. The topological polar surface area (TPSA) is 97.6 Å². The van der Waals surface area contributed by atoms with Gasteiger partial charge in [-0.3, -0.25) is 4.79 Å². The Morgan fingerprint density at radius 1 is 1.31 bits per heavy atom. The largest absolute Gasteiger partial charge is 0.489 e. The molecule has 0 bridgehead atoms. The van der Waals surface area contributed by atoms with Gasteiger partial charge in [0.25, 0.3) is 0 Å². The van der Waals surface area contributed by atoms with Gasteiger partial charge in [-0.05, 0) is 75.5 Å². The van der Waals surface area contributed by atoms with E-state index < -0.39 is 15.3 Å². The first-order valence-corrected chi connectivity index (χ1v) is 11.1. The predicted octanol–water partition coefficient (Wildman–Crippen LogP) is 2.47. The molecule has 2 N–H and O–H groups in total. The first-order valence-electron chi connectivity index (χ1n) is 9.56. The lowest BCUT2D eigenvalue weighted by molar-refractivity contribution is 0.103. The first-order chi connectivity index (χ1) is 13.9. The van der Waals surface area contributed by atoms with Crippen molar-refractivity contribution < 1.29 is 22.4 Å². The SMILES string of the molecule is CNS(=O)(=O)C(C)C1CCNCC1Oc1ccc(C(=O)C=Cc2ccco2)cc1. The molecule has 0 aliphatic carbocycles. The van der Waals surface area contributed by atoms with Crippen molar-refractivity contribution in [1.82, 2.24) is 10.0 Å². The summed E-state index contributed by atoms with van der Waals surface area (Å²) in [5.41, 5.74) is 0.532. The number of furan rings is 1. The van der Waals surface area contributed by atoms with Gasteiger partial charge in [0.05, 0.1) is 11.5 Å². The molecule has 3 unspecified atom stereocenters. The van der Waals surface area contributed by atoms with Gasteiger partial charge in [-0.25, -0.2) is 13.1 Å². The highest BCUT2D eigenvalue weighted by Crippen LogP contribution is 2.26. The van der Waals surface area contributed by atoms with E-state index in [2.05, 4.69) is 10.0 Å². The van der Waals surface area contributed by atoms with Crippen molar-refractivity contribution in [2.75, 3.05) is 20.1 Å². The van der Waals surface area contributed by atoms with Crippen molar-refractivity contribution in [2.45, 2.75) is 24.7 Å². The lowest BCUT2D eigenvalue weighted by Gasteiger charge is -2.35. The second-order valence-corrected chi connectivity index (χ2v) is 9.25. The highest BCUT2D eigenvalue weighted by atomic mass is 32.2. The number of ketones is 1. The molecule has 2 heterocycles. The lowest BCUT2D eigenvalue weighted by Crippen LogP contribution is -2.51. The molecule has 1 fully saturated rings. The second kappa shape index (κ2) is 9.39. The number of rotatable bonds is 8. The molecule has 156 valence electrons. The molecule has 0 saturated carbocycles. The smallest absolute Gasteiger partial charge is 0.214 e. The fourth-order valence-corrected chi connectivity index (χ4v) is 4.59. The molecule has 3 rings (SSSR count).